The van der Waals surface area contributed by atoms with Crippen LogP contribution >= 0.6 is 0 Å². The first-order valence-corrected chi connectivity index (χ1v) is 8.54. The molecule has 0 aliphatic rings. The lowest BCUT2D eigenvalue weighted by molar-refractivity contribution is 0.0369. The number of hydrogen-bond donors (Lipinski definition) is 0. The Balaban J connectivity index is 2.14. The van der Waals surface area contributed by atoms with E-state index in [9.17, 15) is 0 Å². The molecule has 6 heteroatoms. The number of rotatable bonds is 16. The van der Waals surface area contributed by atoms with Crippen LogP contribution in [0.15, 0.2) is 24.3 Å². The Labute approximate surface area is 144 Å². The molecule has 6 nitrogen and oxygen atoms in total. The van der Waals surface area contributed by atoms with E-state index in [1.165, 1.54) is 0 Å². The zero-order valence-electron chi connectivity index (χ0n) is 14.8. The van der Waals surface area contributed by atoms with Gasteiger partial charge in [-0.2, -0.15) is 0 Å². The molecule has 1 aromatic carbocycles. The van der Waals surface area contributed by atoms with Crippen LogP contribution in [0, 0.1) is 0 Å². The molecule has 0 spiro atoms. The first-order valence-electron chi connectivity index (χ1n) is 8.54. The molecule has 0 heterocycles. The van der Waals surface area contributed by atoms with Crippen LogP contribution in [0.25, 0.3) is 0 Å². The summed E-state index contributed by atoms with van der Waals surface area (Å²) in [4.78, 5) is 0. The standard InChI is InChI=1S/C18H30O6/c1-3-19-9-11-21-13-15-23-17-7-5-6-8-18(17)24-16-14-22-12-10-20-4-2/h5-8H,3-4,9-16H2,1-2H3. The van der Waals surface area contributed by atoms with Crippen LogP contribution < -0.4 is 9.47 Å². The topological polar surface area (TPSA) is 55.4 Å². The maximum absolute atomic E-state index is 5.70. The molecular formula is C18H30O6. The quantitative estimate of drug-likeness (QED) is 0.430. The summed E-state index contributed by atoms with van der Waals surface area (Å²) in [7, 11) is 0. The summed E-state index contributed by atoms with van der Waals surface area (Å²) in [6.45, 7) is 9.69. The van der Waals surface area contributed by atoms with Gasteiger partial charge in [-0.25, -0.2) is 0 Å². The largest absolute Gasteiger partial charge is 0.487 e. The SMILES string of the molecule is CCOCCOCCOc1ccccc1OCCOCCOCC. The van der Waals surface area contributed by atoms with Gasteiger partial charge in [-0.05, 0) is 26.0 Å². The summed E-state index contributed by atoms with van der Waals surface area (Å²) in [5.41, 5.74) is 0. The van der Waals surface area contributed by atoms with Crippen LogP contribution in [0.1, 0.15) is 13.8 Å². The van der Waals surface area contributed by atoms with Gasteiger partial charge in [0.2, 0.25) is 0 Å². The van der Waals surface area contributed by atoms with Crippen molar-refractivity contribution in [3.63, 3.8) is 0 Å². The van der Waals surface area contributed by atoms with E-state index in [0.717, 1.165) is 0 Å². The van der Waals surface area contributed by atoms with E-state index in [0.29, 0.717) is 77.6 Å². The fourth-order valence-electron chi connectivity index (χ4n) is 1.84. The van der Waals surface area contributed by atoms with Crippen LogP contribution in [0.5, 0.6) is 11.5 Å². The average molecular weight is 342 g/mol. The fourth-order valence-corrected chi connectivity index (χ4v) is 1.84. The molecule has 24 heavy (non-hydrogen) atoms. The maximum atomic E-state index is 5.70. The lowest BCUT2D eigenvalue weighted by Gasteiger charge is -2.13. The van der Waals surface area contributed by atoms with E-state index in [2.05, 4.69) is 0 Å². The van der Waals surface area contributed by atoms with Gasteiger partial charge in [-0.15, -0.1) is 0 Å². The molecule has 0 N–H and O–H groups in total. The molecular weight excluding hydrogens is 312 g/mol. The molecule has 138 valence electrons. The Morgan fingerprint density at radius 1 is 0.542 bits per heavy atom. The van der Waals surface area contributed by atoms with Gasteiger partial charge in [-0.1, -0.05) is 12.1 Å². The van der Waals surface area contributed by atoms with Crippen molar-refractivity contribution in [3.05, 3.63) is 24.3 Å². The highest BCUT2D eigenvalue weighted by molar-refractivity contribution is 5.39. The van der Waals surface area contributed by atoms with Gasteiger partial charge in [0.05, 0.1) is 39.6 Å². The number of benzene rings is 1. The third-order valence-electron chi connectivity index (χ3n) is 2.97. The van der Waals surface area contributed by atoms with Crippen molar-refractivity contribution in [2.45, 2.75) is 13.8 Å². The smallest absolute Gasteiger partial charge is 0.161 e. The summed E-state index contributed by atoms with van der Waals surface area (Å²) in [6.07, 6.45) is 0. The Morgan fingerprint density at radius 2 is 0.917 bits per heavy atom. The molecule has 0 atom stereocenters. The molecule has 0 bridgehead atoms. The molecule has 1 rings (SSSR count). The van der Waals surface area contributed by atoms with Gasteiger partial charge >= 0.3 is 0 Å². The van der Waals surface area contributed by atoms with Crippen molar-refractivity contribution in [1.29, 1.82) is 0 Å². The van der Waals surface area contributed by atoms with Crippen molar-refractivity contribution in [3.8, 4) is 11.5 Å². The molecule has 0 aromatic heterocycles. The van der Waals surface area contributed by atoms with Crippen molar-refractivity contribution >= 4 is 0 Å². The minimum absolute atomic E-state index is 0.470. The number of ether oxygens (including phenoxy) is 6. The zero-order valence-corrected chi connectivity index (χ0v) is 14.8. The summed E-state index contributed by atoms with van der Waals surface area (Å²) >= 11 is 0. The van der Waals surface area contributed by atoms with Gasteiger partial charge in [-0.3, -0.25) is 0 Å². The highest BCUT2D eigenvalue weighted by Gasteiger charge is 2.04. The van der Waals surface area contributed by atoms with Gasteiger partial charge in [0, 0.05) is 13.2 Å². The fraction of sp³-hybridized carbons (Fsp3) is 0.667. The minimum atomic E-state index is 0.470. The molecule has 0 fully saturated rings. The second-order valence-corrected chi connectivity index (χ2v) is 4.76. The van der Waals surface area contributed by atoms with Gasteiger partial charge in [0.15, 0.2) is 11.5 Å². The van der Waals surface area contributed by atoms with Gasteiger partial charge in [0.25, 0.3) is 0 Å². The van der Waals surface area contributed by atoms with Crippen LogP contribution in [0.3, 0.4) is 0 Å². The van der Waals surface area contributed by atoms with Crippen LogP contribution in [0.4, 0.5) is 0 Å². The van der Waals surface area contributed by atoms with E-state index >= 15 is 0 Å². The molecule has 0 saturated carbocycles. The predicted molar refractivity (Wildman–Crippen MR) is 92.1 cm³/mol. The first-order chi connectivity index (χ1) is 11.9. The Morgan fingerprint density at radius 3 is 1.33 bits per heavy atom. The normalized spacial score (nSPS) is 10.8. The number of hydrogen-bond acceptors (Lipinski definition) is 6. The second-order valence-electron chi connectivity index (χ2n) is 4.76. The third-order valence-corrected chi connectivity index (χ3v) is 2.97. The molecule has 0 aliphatic heterocycles. The zero-order chi connectivity index (χ0) is 17.3. The first kappa shape index (κ1) is 20.7. The van der Waals surface area contributed by atoms with Crippen LogP contribution in [-0.4, -0.2) is 66.1 Å². The number of para-hydroxylation sites is 2. The highest BCUT2D eigenvalue weighted by atomic mass is 16.6. The van der Waals surface area contributed by atoms with E-state index in [-0.39, 0.29) is 0 Å². The van der Waals surface area contributed by atoms with Crippen molar-refractivity contribution in [2.24, 2.45) is 0 Å². The summed E-state index contributed by atoms with van der Waals surface area (Å²) in [5.74, 6) is 1.42. The van der Waals surface area contributed by atoms with E-state index in [4.69, 9.17) is 28.4 Å². The lowest BCUT2D eigenvalue weighted by Crippen LogP contribution is -2.13. The van der Waals surface area contributed by atoms with E-state index in [1.54, 1.807) is 0 Å². The lowest BCUT2D eigenvalue weighted by atomic mass is 10.3. The van der Waals surface area contributed by atoms with E-state index < -0.39 is 0 Å². The minimum Gasteiger partial charge on any atom is -0.487 e. The Hall–Kier alpha value is -1.34. The Bertz CT molecular complexity index is 362. The average Bonchev–Trinajstić information content (AvgIpc) is 2.61. The molecule has 0 unspecified atom stereocenters. The maximum Gasteiger partial charge on any atom is 0.161 e. The molecule has 0 amide bonds. The third kappa shape index (κ3) is 10.4. The monoisotopic (exact) mass is 342 g/mol. The van der Waals surface area contributed by atoms with Crippen molar-refractivity contribution < 1.29 is 28.4 Å². The summed E-state index contributed by atoms with van der Waals surface area (Å²) < 4.78 is 32.6. The van der Waals surface area contributed by atoms with Crippen LogP contribution in [0.2, 0.25) is 0 Å². The molecule has 0 saturated heterocycles. The van der Waals surface area contributed by atoms with Gasteiger partial charge < -0.3 is 28.4 Å². The summed E-state index contributed by atoms with van der Waals surface area (Å²) in [6, 6.07) is 7.59. The highest BCUT2D eigenvalue weighted by Crippen LogP contribution is 2.26. The molecule has 0 radical (unpaired) electrons. The molecule has 1 aromatic rings. The van der Waals surface area contributed by atoms with Crippen LogP contribution in [-0.2, 0) is 18.9 Å². The van der Waals surface area contributed by atoms with E-state index in [1.807, 2.05) is 38.1 Å². The predicted octanol–water partition coefficient (Wildman–Crippen LogP) is 2.55. The van der Waals surface area contributed by atoms with Gasteiger partial charge in [0.1, 0.15) is 13.2 Å². The Kier molecular flexibility index (Phi) is 13.1. The summed E-state index contributed by atoms with van der Waals surface area (Å²) in [5, 5.41) is 0. The molecule has 0 aliphatic carbocycles. The van der Waals surface area contributed by atoms with Crippen molar-refractivity contribution in [1.82, 2.24) is 0 Å². The van der Waals surface area contributed by atoms with Crippen molar-refractivity contribution in [2.75, 3.05) is 66.1 Å². The second kappa shape index (κ2) is 15.2.